The van der Waals surface area contributed by atoms with Crippen LogP contribution in [0.25, 0.3) is 0 Å². The van der Waals surface area contributed by atoms with Gasteiger partial charge in [0, 0.05) is 11.8 Å². The first-order chi connectivity index (χ1) is 6.99. The van der Waals surface area contributed by atoms with Gasteiger partial charge in [-0.3, -0.25) is 14.2 Å². The number of rotatable bonds is 4. The third-order valence-corrected chi connectivity index (χ3v) is 1.86. The highest BCUT2D eigenvalue weighted by atomic mass is 16.4. The first-order valence-corrected chi connectivity index (χ1v) is 4.76. The van der Waals surface area contributed by atoms with Crippen molar-refractivity contribution >= 4 is 5.97 Å². The molecule has 0 amide bonds. The predicted octanol–water partition coefficient (Wildman–Crippen LogP) is 0.526. The lowest BCUT2D eigenvalue weighted by molar-refractivity contribution is -0.137. The number of hydrogen-bond donors (Lipinski definition) is 1. The molecular weight excluding hydrogens is 196 g/mol. The molecule has 0 aromatic carbocycles. The van der Waals surface area contributed by atoms with Crippen LogP contribution in [0.3, 0.4) is 0 Å². The van der Waals surface area contributed by atoms with Crippen molar-refractivity contribution < 1.29 is 9.90 Å². The zero-order valence-electron chi connectivity index (χ0n) is 8.80. The molecule has 5 heteroatoms. The summed E-state index contributed by atoms with van der Waals surface area (Å²) in [5, 5.41) is 8.52. The largest absolute Gasteiger partial charge is 0.480 e. The number of hydrogen-bond acceptors (Lipinski definition) is 3. The van der Waals surface area contributed by atoms with E-state index in [0.29, 0.717) is 11.6 Å². The van der Waals surface area contributed by atoms with E-state index < -0.39 is 5.97 Å². The quantitative estimate of drug-likeness (QED) is 0.786. The second-order valence-corrected chi connectivity index (χ2v) is 3.84. The second kappa shape index (κ2) is 4.72. The molecule has 0 aliphatic heterocycles. The highest BCUT2D eigenvalue weighted by molar-refractivity contribution is 5.66. The van der Waals surface area contributed by atoms with Gasteiger partial charge >= 0.3 is 5.97 Å². The Balaban J connectivity index is 2.88. The molecule has 0 unspecified atom stereocenters. The summed E-state index contributed by atoms with van der Waals surface area (Å²) in [5.41, 5.74) is 0.389. The molecule has 0 saturated carbocycles. The third kappa shape index (κ3) is 3.53. The highest BCUT2D eigenvalue weighted by Gasteiger charge is 2.05. The minimum Gasteiger partial charge on any atom is -0.480 e. The van der Waals surface area contributed by atoms with Gasteiger partial charge < -0.3 is 5.11 Å². The number of carboxylic acids is 1. The summed E-state index contributed by atoms with van der Waals surface area (Å²) in [4.78, 5) is 25.8. The van der Waals surface area contributed by atoms with E-state index in [1.807, 2.05) is 13.8 Å². The molecule has 1 heterocycles. The van der Waals surface area contributed by atoms with Crippen LogP contribution < -0.4 is 5.56 Å². The standard InChI is InChI=1S/C10H14N2O3/c1-7(2)3-8-4-9(13)12(6-11-8)5-10(14)15/h4,6-7H,3,5H2,1-2H3,(H,14,15). The van der Waals surface area contributed by atoms with E-state index in [2.05, 4.69) is 4.98 Å². The third-order valence-electron chi connectivity index (χ3n) is 1.86. The molecule has 0 fully saturated rings. The number of carbonyl (C=O) groups is 1. The molecule has 0 aliphatic carbocycles. The maximum Gasteiger partial charge on any atom is 0.323 e. The molecule has 1 N–H and O–H groups in total. The van der Waals surface area contributed by atoms with Gasteiger partial charge in [-0.05, 0) is 12.3 Å². The summed E-state index contributed by atoms with van der Waals surface area (Å²) in [7, 11) is 0. The van der Waals surface area contributed by atoms with Crippen molar-refractivity contribution in [2.24, 2.45) is 5.92 Å². The Bertz CT molecular complexity index is 409. The topological polar surface area (TPSA) is 72.2 Å². The van der Waals surface area contributed by atoms with Crippen LogP contribution in [0, 0.1) is 5.92 Å². The average Bonchev–Trinajstić information content (AvgIpc) is 2.08. The van der Waals surface area contributed by atoms with E-state index in [9.17, 15) is 9.59 Å². The van der Waals surface area contributed by atoms with Crippen molar-refractivity contribution in [2.45, 2.75) is 26.8 Å². The van der Waals surface area contributed by atoms with E-state index in [1.54, 1.807) is 0 Å². The van der Waals surface area contributed by atoms with Crippen molar-refractivity contribution in [3.63, 3.8) is 0 Å². The molecule has 0 radical (unpaired) electrons. The van der Waals surface area contributed by atoms with E-state index in [1.165, 1.54) is 12.4 Å². The molecule has 0 aliphatic rings. The predicted molar refractivity (Wildman–Crippen MR) is 54.7 cm³/mol. The molecule has 1 aromatic heterocycles. The van der Waals surface area contributed by atoms with Crippen molar-refractivity contribution in [3.8, 4) is 0 Å². The fourth-order valence-corrected chi connectivity index (χ4v) is 1.26. The summed E-state index contributed by atoms with van der Waals surface area (Å²) in [5.74, 6) is -0.622. The Hall–Kier alpha value is -1.65. The van der Waals surface area contributed by atoms with Crippen molar-refractivity contribution in [1.82, 2.24) is 9.55 Å². The van der Waals surface area contributed by atoms with E-state index in [-0.39, 0.29) is 12.1 Å². The Morgan fingerprint density at radius 2 is 2.27 bits per heavy atom. The molecule has 5 nitrogen and oxygen atoms in total. The molecule has 1 rings (SSSR count). The van der Waals surface area contributed by atoms with Gasteiger partial charge in [0.1, 0.15) is 6.54 Å². The minimum absolute atomic E-state index is 0.317. The molecule has 82 valence electrons. The van der Waals surface area contributed by atoms with E-state index in [4.69, 9.17) is 5.11 Å². The molecule has 0 saturated heterocycles. The minimum atomic E-state index is -1.05. The Kier molecular flexibility index (Phi) is 3.60. The smallest absolute Gasteiger partial charge is 0.323 e. The first kappa shape index (κ1) is 11.4. The molecule has 0 bridgehead atoms. The van der Waals surface area contributed by atoms with Gasteiger partial charge in [0.2, 0.25) is 0 Å². The van der Waals surface area contributed by atoms with Crippen LogP contribution in [-0.2, 0) is 17.8 Å². The first-order valence-electron chi connectivity index (χ1n) is 4.76. The molecule has 0 atom stereocenters. The molecule has 1 aromatic rings. The lowest BCUT2D eigenvalue weighted by Gasteiger charge is -2.05. The lowest BCUT2D eigenvalue weighted by atomic mass is 10.1. The zero-order valence-corrected chi connectivity index (χ0v) is 8.80. The Labute approximate surface area is 87.4 Å². The van der Waals surface area contributed by atoms with Gasteiger partial charge in [0.15, 0.2) is 0 Å². The van der Waals surface area contributed by atoms with Crippen LogP contribution in [0.15, 0.2) is 17.2 Å². The maximum absolute atomic E-state index is 11.4. The number of aliphatic carboxylic acids is 1. The van der Waals surface area contributed by atoms with Gasteiger partial charge in [-0.2, -0.15) is 0 Å². The zero-order chi connectivity index (χ0) is 11.4. The van der Waals surface area contributed by atoms with Crippen molar-refractivity contribution in [3.05, 3.63) is 28.4 Å². The number of carboxylic acid groups (broad SMARTS) is 1. The van der Waals surface area contributed by atoms with Crippen LogP contribution in [0.4, 0.5) is 0 Å². The van der Waals surface area contributed by atoms with Gasteiger partial charge in [0.25, 0.3) is 5.56 Å². The summed E-state index contributed by atoms with van der Waals surface area (Å²) in [6.07, 6.45) is 2.01. The summed E-state index contributed by atoms with van der Waals surface area (Å²) in [6, 6.07) is 1.39. The Morgan fingerprint density at radius 1 is 1.60 bits per heavy atom. The highest BCUT2D eigenvalue weighted by Crippen LogP contribution is 2.01. The van der Waals surface area contributed by atoms with Crippen molar-refractivity contribution in [1.29, 1.82) is 0 Å². The average molecular weight is 210 g/mol. The monoisotopic (exact) mass is 210 g/mol. The fraction of sp³-hybridized carbons (Fsp3) is 0.500. The van der Waals surface area contributed by atoms with Crippen LogP contribution in [0.2, 0.25) is 0 Å². The van der Waals surface area contributed by atoms with Gasteiger partial charge in [-0.1, -0.05) is 13.8 Å². The lowest BCUT2D eigenvalue weighted by Crippen LogP contribution is -2.24. The Morgan fingerprint density at radius 3 is 2.73 bits per heavy atom. The van der Waals surface area contributed by atoms with Crippen LogP contribution in [0.1, 0.15) is 19.5 Å². The maximum atomic E-state index is 11.4. The molecule has 15 heavy (non-hydrogen) atoms. The van der Waals surface area contributed by atoms with Gasteiger partial charge in [-0.25, -0.2) is 4.98 Å². The number of aromatic nitrogens is 2. The fourth-order valence-electron chi connectivity index (χ4n) is 1.26. The van der Waals surface area contributed by atoms with Crippen LogP contribution in [0.5, 0.6) is 0 Å². The second-order valence-electron chi connectivity index (χ2n) is 3.84. The summed E-state index contributed by atoms with van der Waals surface area (Å²) >= 11 is 0. The SMILES string of the molecule is CC(C)Cc1cc(=O)n(CC(=O)O)cn1. The molecular formula is C10H14N2O3. The molecule has 0 spiro atoms. The van der Waals surface area contributed by atoms with Gasteiger partial charge in [-0.15, -0.1) is 0 Å². The van der Waals surface area contributed by atoms with Gasteiger partial charge in [0.05, 0.1) is 6.33 Å². The van der Waals surface area contributed by atoms with Crippen molar-refractivity contribution in [2.75, 3.05) is 0 Å². The van der Waals surface area contributed by atoms with E-state index >= 15 is 0 Å². The van der Waals surface area contributed by atoms with Crippen LogP contribution in [-0.4, -0.2) is 20.6 Å². The normalized spacial score (nSPS) is 10.6. The summed E-state index contributed by atoms with van der Waals surface area (Å²) in [6.45, 7) is 3.72. The van der Waals surface area contributed by atoms with Crippen LogP contribution >= 0.6 is 0 Å². The van der Waals surface area contributed by atoms with E-state index in [0.717, 1.165) is 11.0 Å². The summed E-state index contributed by atoms with van der Waals surface area (Å²) < 4.78 is 1.08. The number of nitrogens with zero attached hydrogens (tertiary/aromatic N) is 2.